The van der Waals surface area contributed by atoms with Gasteiger partial charge in [-0.15, -0.1) is 5.92 Å². The van der Waals surface area contributed by atoms with Gasteiger partial charge in [0.1, 0.15) is 0 Å². The van der Waals surface area contributed by atoms with Gasteiger partial charge in [0.05, 0.1) is 0 Å². The molecule has 0 amide bonds. The summed E-state index contributed by atoms with van der Waals surface area (Å²) in [6.07, 6.45) is 5.44. The third-order valence-electron chi connectivity index (χ3n) is 2.83. The molecule has 1 saturated carbocycles. The predicted molar refractivity (Wildman–Crippen MR) is 49.2 cm³/mol. The number of hydrogen-bond donors (Lipinski definition) is 0. The molecule has 1 rings (SSSR count). The molecule has 0 spiro atoms. The highest BCUT2D eigenvalue weighted by Gasteiger charge is 2.30. The summed E-state index contributed by atoms with van der Waals surface area (Å²) in [5, 5.41) is 0. The Kier molecular flexibility index (Phi) is 2.60. The Labute approximate surface area is 70.4 Å². The summed E-state index contributed by atoms with van der Waals surface area (Å²) in [5.41, 5.74) is 0.473. The molecule has 0 aromatic rings. The minimum atomic E-state index is 0.473. The Bertz CT molecular complexity index is 178. The van der Waals surface area contributed by atoms with E-state index in [1.54, 1.807) is 0 Å². The normalized spacial score (nSPS) is 28.8. The zero-order valence-corrected chi connectivity index (χ0v) is 7.91. The van der Waals surface area contributed by atoms with E-state index in [-0.39, 0.29) is 0 Å². The van der Waals surface area contributed by atoms with Gasteiger partial charge in [-0.1, -0.05) is 32.6 Å². The van der Waals surface area contributed by atoms with Crippen LogP contribution >= 0.6 is 0 Å². The molecule has 1 unspecified atom stereocenters. The van der Waals surface area contributed by atoms with Crippen molar-refractivity contribution in [2.24, 2.45) is 11.3 Å². The van der Waals surface area contributed by atoms with Gasteiger partial charge in [0.2, 0.25) is 0 Å². The molecule has 0 nitrogen and oxygen atoms in total. The van der Waals surface area contributed by atoms with Crippen LogP contribution in [0.5, 0.6) is 0 Å². The first kappa shape index (κ1) is 8.65. The molecule has 0 aromatic carbocycles. The lowest BCUT2D eigenvalue weighted by Gasteiger charge is -2.35. The zero-order valence-electron chi connectivity index (χ0n) is 7.91. The van der Waals surface area contributed by atoms with Crippen LogP contribution in [0, 0.1) is 23.2 Å². The van der Waals surface area contributed by atoms with Crippen molar-refractivity contribution in [1.82, 2.24) is 0 Å². The van der Waals surface area contributed by atoms with E-state index in [4.69, 9.17) is 0 Å². The van der Waals surface area contributed by atoms with Crippen molar-refractivity contribution in [2.75, 3.05) is 0 Å². The maximum atomic E-state index is 3.32. The van der Waals surface area contributed by atoms with Crippen LogP contribution in [0.2, 0.25) is 0 Å². The van der Waals surface area contributed by atoms with Gasteiger partial charge in [0, 0.05) is 5.92 Å². The van der Waals surface area contributed by atoms with Gasteiger partial charge in [-0.2, -0.15) is 0 Å². The van der Waals surface area contributed by atoms with E-state index in [1.807, 2.05) is 6.92 Å². The predicted octanol–water partition coefficient (Wildman–Crippen LogP) is 3.23. The van der Waals surface area contributed by atoms with E-state index in [2.05, 4.69) is 25.7 Å². The third kappa shape index (κ3) is 1.99. The van der Waals surface area contributed by atoms with Crippen LogP contribution in [0.1, 0.15) is 46.5 Å². The maximum absolute atomic E-state index is 3.32. The van der Waals surface area contributed by atoms with Gasteiger partial charge in [0.15, 0.2) is 0 Å². The van der Waals surface area contributed by atoms with Crippen LogP contribution in [-0.2, 0) is 0 Å². The molecular formula is C11H18. The quantitative estimate of drug-likeness (QED) is 0.465. The number of rotatable bonds is 0. The van der Waals surface area contributed by atoms with Crippen molar-refractivity contribution in [1.29, 1.82) is 0 Å². The van der Waals surface area contributed by atoms with Crippen LogP contribution in [0.3, 0.4) is 0 Å². The van der Waals surface area contributed by atoms with Gasteiger partial charge >= 0.3 is 0 Å². The molecule has 0 heteroatoms. The van der Waals surface area contributed by atoms with Crippen molar-refractivity contribution >= 4 is 0 Å². The summed E-state index contributed by atoms with van der Waals surface area (Å²) in [5.74, 6) is 7.02. The molecule has 1 aliphatic rings. The molecule has 0 aromatic heterocycles. The Morgan fingerprint density at radius 1 is 1.27 bits per heavy atom. The molecule has 11 heavy (non-hydrogen) atoms. The fourth-order valence-electron chi connectivity index (χ4n) is 1.94. The first-order chi connectivity index (χ1) is 5.17. The highest BCUT2D eigenvalue weighted by molar-refractivity contribution is 5.06. The monoisotopic (exact) mass is 150 g/mol. The molecule has 62 valence electrons. The molecular weight excluding hydrogens is 132 g/mol. The molecule has 1 atom stereocenters. The van der Waals surface area contributed by atoms with E-state index in [9.17, 15) is 0 Å². The summed E-state index contributed by atoms with van der Waals surface area (Å²) < 4.78 is 0. The third-order valence-corrected chi connectivity index (χ3v) is 2.83. The fourth-order valence-corrected chi connectivity index (χ4v) is 1.94. The van der Waals surface area contributed by atoms with Crippen molar-refractivity contribution in [3.63, 3.8) is 0 Å². The second-order valence-corrected chi connectivity index (χ2v) is 4.18. The van der Waals surface area contributed by atoms with Crippen LogP contribution in [-0.4, -0.2) is 0 Å². The summed E-state index contributed by atoms with van der Waals surface area (Å²) in [4.78, 5) is 0. The molecule has 1 aliphatic carbocycles. The van der Waals surface area contributed by atoms with E-state index in [0.717, 1.165) is 0 Å². The lowest BCUT2D eigenvalue weighted by molar-refractivity contribution is 0.185. The first-order valence-corrected chi connectivity index (χ1v) is 4.59. The van der Waals surface area contributed by atoms with E-state index in [0.29, 0.717) is 11.3 Å². The standard InChI is InChI=1S/C11H18/c1-4-7-10-8-5-6-9-11(10,2)3/h10H,5-6,8-9H2,1-3H3. The highest BCUT2D eigenvalue weighted by atomic mass is 14.3. The molecule has 0 bridgehead atoms. The highest BCUT2D eigenvalue weighted by Crippen LogP contribution is 2.39. The first-order valence-electron chi connectivity index (χ1n) is 4.59. The molecule has 1 fully saturated rings. The molecule has 0 aliphatic heterocycles. The minimum absolute atomic E-state index is 0.473. The fraction of sp³-hybridized carbons (Fsp3) is 0.818. The SMILES string of the molecule is CC#CC1CCCCC1(C)C. The van der Waals surface area contributed by atoms with Crippen LogP contribution in [0.15, 0.2) is 0 Å². The molecule has 0 saturated heterocycles. The van der Waals surface area contributed by atoms with Crippen molar-refractivity contribution in [2.45, 2.75) is 46.5 Å². The van der Waals surface area contributed by atoms with Crippen LogP contribution in [0.4, 0.5) is 0 Å². The van der Waals surface area contributed by atoms with Crippen molar-refractivity contribution in [3.05, 3.63) is 0 Å². The Morgan fingerprint density at radius 3 is 2.55 bits per heavy atom. The molecule has 0 radical (unpaired) electrons. The average Bonchev–Trinajstić information content (AvgIpc) is 1.94. The smallest absolute Gasteiger partial charge is 0.0253 e. The second-order valence-electron chi connectivity index (χ2n) is 4.18. The molecule has 0 N–H and O–H groups in total. The Hall–Kier alpha value is -0.440. The van der Waals surface area contributed by atoms with Gasteiger partial charge in [0.25, 0.3) is 0 Å². The van der Waals surface area contributed by atoms with E-state index < -0.39 is 0 Å². The summed E-state index contributed by atoms with van der Waals surface area (Å²) in [6.45, 7) is 6.65. The Morgan fingerprint density at radius 2 is 2.00 bits per heavy atom. The van der Waals surface area contributed by atoms with Gasteiger partial charge < -0.3 is 0 Å². The maximum Gasteiger partial charge on any atom is 0.0253 e. The Balaban J connectivity index is 2.64. The lowest BCUT2D eigenvalue weighted by Crippen LogP contribution is -2.26. The number of hydrogen-bond acceptors (Lipinski definition) is 0. The summed E-state index contributed by atoms with van der Waals surface area (Å²) in [6, 6.07) is 0. The van der Waals surface area contributed by atoms with Gasteiger partial charge in [-0.05, 0) is 25.2 Å². The average molecular weight is 150 g/mol. The summed E-state index contributed by atoms with van der Waals surface area (Å²) in [7, 11) is 0. The van der Waals surface area contributed by atoms with E-state index >= 15 is 0 Å². The molecule has 0 heterocycles. The lowest BCUT2D eigenvalue weighted by atomic mass is 9.69. The second kappa shape index (κ2) is 3.30. The van der Waals surface area contributed by atoms with Crippen molar-refractivity contribution in [3.8, 4) is 11.8 Å². The van der Waals surface area contributed by atoms with Gasteiger partial charge in [-0.25, -0.2) is 0 Å². The van der Waals surface area contributed by atoms with Crippen LogP contribution < -0.4 is 0 Å². The topological polar surface area (TPSA) is 0 Å². The van der Waals surface area contributed by atoms with Crippen LogP contribution in [0.25, 0.3) is 0 Å². The van der Waals surface area contributed by atoms with Crippen molar-refractivity contribution < 1.29 is 0 Å². The van der Waals surface area contributed by atoms with Gasteiger partial charge in [-0.3, -0.25) is 0 Å². The minimum Gasteiger partial charge on any atom is -0.106 e. The largest absolute Gasteiger partial charge is 0.106 e. The summed E-state index contributed by atoms with van der Waals surface area (Å²) >= 11 is 0. The zero-order chi connectivity index (χ0) is 8.32. The van der Waals surface area contributed by atoms with E-state index in [1.165, 1.54) is 25.7 Å².